The van der Waals surface area contributed by atoms with Crippen LogP contribution in [0.2, 0.25) is 0 Å². The molecule has 1 aromatic rings. The fourth-order valence-electron chi connectivity index (χ4n) is 2.81. The molecule has 0 spiro atoms. The van der Waals surface area contributed by atoms with Gasteiger partial charge in [-0.2, -0.15) is 0 Å². The van der Waals surface area contributed by atoms with Crippen molar-refractivity contribution < 1.29 is 0 Å². The number of hydrogen-bond donors (Lipinski definition) is 0. The van der Waals surface area contributed by atoms with Crippen LogP contribution in [0.4, 0.5) is 0 Å². The van der Waals surface area contributed by atoms with Gasteiger partial charge in [0, 0.05) is 30.2 Å². The Morgan fingerprint density at radius 3 is 2.81 bits per heavy atom. The molecular formula is C13H15N3. The Hall–Kier alpha value is -1.64. The Morgan fingerprint density at radius 2 is 2.19 bits per heavy atom. The number of likely N-dealkylation sites (tertiary alicyclic amines) is 1. The van der Waals surface area contributed by atoms with Crippen molar-refractivity contribution in [1.82, 2.24) is 14.9 Å². The summed E-state index contributed by atoms with van der Waals surface area (Å²) < 4.78 is 0. The minimum absolute atomic E-state index is 0.494. The number of rotatable bonds is 2. The molecule has 0 unspecified atom stereocenters. The molecule has 1 fully saturated rings. The van der Waals surface area contributed by atoms with Crippen LogP contribution in [0, 0.1) is 5.92 Å². The van der Waals surface area contributed by atoms with E-state index >= 15 is 0 Å². The summed E-state index contributed by atoms with van der Waals surface area (Å²) in [4.78, 5) is 10.6. The Balaban J connectivity index is 1.94. The molecule has 3 heteroatoms. The molecule has 0 radical (unpaired) electrons. The van der Waals surface area contributed by atoms with Crippen molar-refractivity contribution >= 4 is 5.57 Å². The molecule has 0 amide bonds. The molecule has 1 aromatic heterocycles. The Labute approximate surface area is 95.5 Å². The summed E-state index contributed by atoms with van der Waals surface area (Å²) in [6.45, 7) is 7.26. The average molecular weight is 213 g/mol. The molecule has 1 aliphatic heterocycles. The van der Waals surface area contributed by atoms with Crippen molar-refractivity contribution in [1.29, 1.82) is 0 Å². The Morgan fingerprint density at radius 1 is 1.44 bits per heavy atom. The molecular weight excluding hydrogens is 198 g/mol. The largest absolute Gasteiger partial charge is 0.368 e. The van der Waals surface area contributed by atoms with Gasteiger partial charge in [0.25, 0.3) is 0 Å². The van der Waals surface area contributed by atoms with E-state index in [-0.39, 0.29) is 0 Å². The van der Waals surface area contributed by atoms with Crippen LogP contribution in [0.1, 0.15) is 18.9 Å². The lowest BCUT2D eigenvalue weighted by Crippen LogP contribution is -2.30. The number of fused-ring (bicyclic) bond motifs is 2. The number of allylic oxidation sites excluding steroid dienone is 1. The molecule has 16 heavy (non-hydrogen) atoms. The first-order chi connectivity index (χ1) is 7.75. The smallest absolute Gasteiger partial charge is 0.115 e. The van der Waals surface area contributed by atoms with Crippen molar-refractivity contribution in [3.05, 3.63) is 42.6 Å². The van der Waals surface area contributed by atoms with Gasteiger partial charge in [0.2, 0.25) is 0 Å². The molecule has 0 saturated carbocycles. The van der Waals surface area contributed by atoms with Gasteiger partial charge in [-0.25, -0.2) is 9.97 Å². The van der Waals surface area contributed by atoms with Gasteiger partial charge in [0.15, 0.2) is 0 Å². The summed E-state index contributed by atoms with van der Waals surface area (Å²) in [6, 6.07) is 0.494. The van der Waals surface area contributed by atoms with Gasteiger partial charge in [-0.1, -0.05) is 12.7 Å². The van der Waals surface area contributed by atoms with E-state index in [9.17, 15) is 0 Å². The highest BCUT2D eigenvalue weighted by atomic mass is 15.2. The van der Waals surface area contributed by atoms with Gasteiger partial charge in [-0.3, -0.25) is 0 Å². The third-order valence-corrected chi connectivity index (χ3v) is 3.49. The normalized spacial score (nSPS) is 27.1. The van der Waals surface area contributed by atoms with E-state index in [0.717, 1.165) is 17.8 Å². The SMILES string of the molecule is C=C(C)N1C[C@H]2C=C(c3cncnc3)[C@@H]1C2. The van der Waals surface area contributed by atoms with Crippen molar-refractivity contribution in [3.63, 3.8) is 0 Å². The number of aromatic nitrogens is 2. The minimum atomic E-state index is 0.494. The fraction of sp³-hybridized carbons (Fsp3) is 0.385. The quantitative estimate of drug-likeness (QED) is 0.753. The lowest BCUT2D eigenvalue weighted by molar-refractivity contribution is 0.365. The predicted octanol–water partition coefficient (Wildman–Crippen LogP) is 2.10. The molecule has 3 nitrogen and oxygen atoms in total. The highest BCUT2D eigenvalue weighted by Crippen LogP contribution is 2.42. The minimum Gasteiger partial charge on any atom is -0.368 e. The van der Waals surface area contributed by atoms with Crippen molar-refractivity contribution in [2.24, 2.45) is 5.92 Å². The Kier molecular flexibility index (Phi) is 2.06. The lowest BCUT2D eigenvalue weighted by atomic mass is 10.0. The van der Waals surface area contributed by atoms with Crippen molar-refractivity contribution in [3.8, 4) is 0 Å². The zero-order chi connectivity index (χ0) is 11.1. The fourth-order valence-corrected chi connectivity index (χ4v) is 2.81. The third-order valence-electron chi connectivity index (χ3n) is 3.49. The molecule has 0 N–H and O–H groups in total. The van der Waals surface area contributed by atoms with Crippen LogP contribution in [0.5, 0.6) is 0 Å². The van der Waals surface area contributed by atoms with Crippen LogP contribution < -0.4 is 0 Å². The monoisotopic (exact) mass is 213 g/mol. The van der Waals surface area contributed by atoms with Crippen LogP contribution in [-0.4, -0.2) is 27.5 Å². The number of nitrogens with zero attached hydrogens (tertiary/aromatic N) is 3. The first-order valence-corrected chi connectivity index (χ1v) is 5.65. The van der Waals surface area contributed by atoms with E-state index in [1.165, 1.54) is 12.0 Å². The van der Waals surface area contributed by atoms with E-state index in [4.69, 9.17) is 0 Å². The molecule has 0 aromatic carbocycles. The molecule has 1 saturated heterocycles. The topological polar surface area (TPSA) is 29.0 Å². The van der Waals surface area contributed by atoms with E-state index in [1.807, 2.05) is 12.4 Å². The second kappa shape index (κ2) is 3.44. The summed E-state index contributed by atoms with van der Waals surface area (Å²) >= 11 is 0. The third kappa shape index (κ3) is 1.35. The second-order valence-electron chi connectivity index (χ2n) is 4.65. The summed E-state index contributed by atoms with van der Waals surface area (Å²) in [5.74, 6) is 0.678. The predicted molar refractivity (Wildman–Crippen MR) is 63.4 cm³/mol. The van der Waals surface area contributed by atoms with Gasteiger partial charge in [0.05, 0.1) is 6.04 Å². The van der Waals surface area contributed by atoms with E-state index in [0.29, 0.717) is 12.0 Å². The molecule has 2 atom stereocenters. The highest BCUT2D eigenvalue weighted by Gasteiger charge is 2.39. The van der Waals surface area contributed by atoms with Crippen LogP contribution in [0.15, 0.2) is 37.1 Å². The van der Waals surface area contributed by atoms with Crippen LogP contribution in [0.3, 0.4) is 0 Å². The van der Waals surface area contributed by atoms with Crippen molar-refractivity contribution in [2.75, 3.05) is 6.54 Å². The maximum absolute atomic E-state index is 4.09. The molecule has 3 rings (SSSR count). The first kappa shape index (κ1) is 9.58. The molecule has 2 aliphatic rings. The van der Waals surface area contributed by atoms with E-state index in [1.54, 1.807) is 6.33 Å². The van der Waals surface area contributed by atoms with Gasteiger partial charge in [-0.05, 0) is 24.8 Å². The zero-order valence-electron chi connectivity index (χ0n) is 9.43. The molecule has 82 valence electrons. The average Bonchev–Trinajstić information content (AvgIpc) is 2.89. The second-order valence-corrected chi connectivity index (χ2v) is 4.65. The molecule has 2 heterocycles. The van der Waals surface area contributed by atoms with Crippen LogP contribution in [0.25, 0.3) is 5.57 Å². The summed E-state index contributed by atoms with van der Waals surface area (Å²) in [6.07, 6.45) is 8.97. The molecule has 2 bridgehead atoms. The zero-order valence-corrected chi connectivity index (χ0v) is 9.43. The van der Waals surface area contributed by atoms with Crippen LogP contribution in [-0.2, 0) is 0 Å². The standard InChI is InChI=1S/C13H15N3/c1-9(2)16-7-10-3-12(13(16)4-10)11-5-14-8-15-6-11/h3,5-6,8,10,13H,1,4,7H2,2H3/t10-,13-/m0/s1. The van der Waals surface area contributed by atoms with E-state index < -0.39 is 0 Å². The van der Waals surface area contributed by atoms with Gasteiger partial charge < -0.3 is 4.90 Å². The summed E-state index contributed by atoms with van der Waals surface area (Å²) in [5.41, 5.74) is 3.69. The van der Waals surface area contributed by atoms with E-state index in [2.05, 4.69) is 34.4 Å². The van der Waals surface area contributed by atoms with Gasteiger partial charge in [-0.15, -0.1) is 0 Å². The number of hydrogen-bond acceptors (Lipinski definition) is 3. The summed E-state index contributed by atoms with van der Waals surface area (Å²) in [7, 11) is 0. The molecule has 1 aliphatic carbocycles. The van der Waals surface area contributed by atoms with Gasteiger partial charge in [0.1, 0.15) is 6.33 Å². The summed E-state index contributed by atoms with van der Waals surface area (Å²) in [5, 5.41) is 0. The first-order valence-electron chi connectivity index (χ1n) is 5.65. The van der Waals surface area contributed by atoms with Crippen molar-refractivity contribution in [2.45, 2.75) is 19.4 Å². The maximum atomic E-state index is 4.09. The lowest BCUT2D eigenvalue weighted by Gasteiger charge is -2.30. The highest BCUT2D eigenvalue weighted by molar-refractivity contribution is 5.72. The van der Waals surface area contributed by atoms with Gasteiger partial charge >= 0.3 is 0 Å². The van der Waals surface area contributed by atoms with Crippen LogP contribution >= 0.6 is 0 Å². The maximum Gasteiger partial charge on any atom is 0.115 e. The Bertz CT molecular complexity index is 450.